The molecule has 2 aromatic rings. The quantitative estimate of drug-likeness (QED) is 0.882. The molecule has 0 aliphatic carbocycles. The standard InChI is InChI=1S/C15H21FN2O2/c1-9(2)15-18-13-6-11(5-12(16)14(13)20-15)7-17-10(3)8-19-4/h5-6,9-10,17H,7-8H2,1-4H3/t10-/m0/s1. The molecule has 1 N–H and O–H groups in total. The van der Waals surface area contributed by atoms with E-state index in [-0.39, 0.29) is 23.4 Å². The molecule has 4 nitrogen and oxygen atoms in total. The molecule has 0 aliphatic rings. The van der Waals surface area contributed by atoms with E-state index < -0.39 is 0 Å². The summed E-state index contributed by atoms with van der Waals surface area (Å²) in [5.74, 6) is 0.347. The summed E-state index contributed by atoms with van der Waals surface area (Å²) < 4.78 is 24.5. The van der Waals surface area contributed by atoms with Gasteiger partial charge in [0.2, 0.25) is 0 Å². The largest absolute Gasteiger partial charge is 0.437 e. The molecule has 0 bridgehead atoms. The van der Waals surface area contributed by atoms with Crippen LogP contribution in [0.2, 0.25) is 0 Å². The van der Waals surface area contributed by atoms with Crippen molar-refractivity contribution in [3.63, 3.8) is 0 Å². The Morgan fingerprint density at radius 3 is 2.75 bits per heavy atom. The minimum Gasteiger partial charge on any atom is -0.437 e. The highest BCUT2D eigenvalue weighted by molar-refractivity contribution is 5.74. The smallest absolute Gasteiger partial charge is 0.198 e. The Labute approximate surface area is 118 Å². The average Bonchev–Trinajstić information content (AvgIpc) is 2.81. The van der Waals surface area contributed by atoms with E-state index in [1.165, 1.54) is 6.07 Å². The number of hydrogen-bond acceptors (Lipinski definition) is 4. The molecule has 1 atom stereocenters. The second kappa shape index (κ2) is 6.33. The van der Waals surface area contributed by atoms with Gasteiger partial charge in [0.15, 0.2) is 17.3 Å². The second-order valence-corrected chi connectivity index (χ2v) is 5.37. The van der Waals surface area contributed by atoms with E-state index in [0.29, 0.717) is 24.6 Å². The zero-order valence-electron chi connectivity index (χ0n) is 12.4. The van der Waals surface area contributed by atoms with Crippen LogP contribution in [0.1, 0.15) is 38.1 Å². The van der Waals surface area contributed by atoms with Gasteiger partial charge in [0.25, 0.3) is 0 Å². The number of oxazole rings is 1. The molecule has 0 spiro atoms. The highest BCUT2D eigenvalue weighted by Crippen LogP contribution is 2.24. The van der Waals surface area contributed by atoms with E-state index in [4.69, 9.17) is 9.15 Å². The topological polar surface area (TPSA) is 47.3 Å². The molecule has 0 unspecified atom stereocenters. The Morgan fingerprint density at radius 2 is 2.10 bits per heavy atom. The molecular formula is C15H21FN2O2. The van der Waals surface area contributed by atoms with Gasteiger partial charge in [0.1, 0.15) is 5.52 Å². The molecule has 0 aliphatic heterocycles. The fourth-order valence-electron chi connectivity index (χ4n) is 2.01. The Kier molecular flexibility index (Phi) is 4.73. The molecule has 1 aromatic heterocycles. The maximum absolute atomic E-state index is 14.0. The van der Waals surface area contributed by atoms with Crippen LogP contribution in [0.15, 0.2) is 16.5 Å². The van der Waals surface area contributed by atoms with Gasteiger partial charge >= 0.3 is 0 Å². The van der Waals surface area contributed by atoms with Crippen molar-refractivity contribution < 1.29 is 13.5 Å². The summed E-state index contributed by atoms with van der Waals surface area (Å²) >= 11 is 0. The first-order valence-electron chi connectivity index (χ1n) is 6.82. The van der Waals surface area contributed by atoms with Crippen LogP contribution in [0, 0.1) is 5.82 Å². The highest BCUT2D eigenvalue weighted by Gasteiger charge is 2.14. The van der Waals surface area contributed by atoms with Crippen molar-refractivity contribution >= 4 is 11.1 Å². The molecule has 5 heteroatoms. The van der Waals surface area contributed by atoms with Gasteiger partial charge in [-0.2, -0.15) is 0 Å². The third-order valence-electron chi connectivity index (χ3n) is 3.09. The molecule has 0 saturated heterocycles. The predicted octanol–water partition coefficient (Wildman–Crippen LogP) is 3.21. The fourth-order valence-corrected chi connectivity index (χ4v) is 2.01. The summed E-state index contributed by atoms with van der Waals surface area (Å²) in [5.41, 5.74) is 1.66. The van der Waals surface area contributed by atoms with E-state index in [0.717, 1.165) is 5.56 Å². The summed E-state index contributed by atoms with van der Waals surface area (Å²) in [6, 6.07) is 3.56. The minimum absolute atomic E-state index is 0.144. The zero-order valence-corrected chi connectivity index (χ0v) is 12.4. The molecule has 110 valence electrons. The monoisotopic (exact) mass is 280 g/mol. The van der Waals surface area contributed by atoms with Crippen molar-refractivity contribution in [2.24, 2.45) is 0 Å². The van der Waals surface area contributed by atoms with Crippen molar-refractivity contribution in [3.05, 3.63) is 29.4 Å². The van der Waals surface area contributed by atoms with Crippen molar-refractivity contribution in [2.75, 3.05) is 13.7 Å². The summed E-state index contributed by atoms with van der Waals surface area (Å²) in [6.07, 6.45) is 0. The fraction of sp³-hybridized carbons (Fsp3) is 0.533. The number of aromatic nitrogens is 1. The number of hydrogen-bond donors (Lipinski definition) is 1. The first-order chi connectivity index (χ1) is 9.51. The number of ether oxygens (including phenoxy) is 1. The number of benzene rings is 1. The molecule has 20 heavy (non-hydrogen) atoms. The Morgan fingerprint density at radius 1 is 1.35 bits per heavy atom. The van der Waals surface area contributed by atoms with Crippen molar-refractivity contribution in [3.8, 4) is 0 Å². The summed E-state index contributed by atoms with van der Waals surface area (Å²) in [4.78, 5) is 4.34. The lowest BCUT2D eigenvalue weighted by atomic mass is 10.2. The van der Waals surface area contributed by atoms with E-state index >= 15 is 0 Å². The highest BCUT2D eigenvalue weighted by atomic mass is 19.1. The van der Waals surface area contributed by atoms with Crippen LogP contribution < -0.4 is 5.32 Å². The van der Waals surface area contributed by atoms with E-state index in [1.807, 2.05) is 26.8 Å². The van der Waals surface area contributed by atoms with Gasteiger partial charge in [0, 0.05) is 25.6 Å². The molecule has 0 amide bonds. The SMILES string of the molecule is COC[C@H](C)NCc1cc(F)c2oc(C(C)C)nc2c1. The maximum Gasteiger partial charge on any atom is 0.198 e. The van der Waals surface area contributed by atoms with Crippen LogP contribution in [-0.4, -0.2) is 24.7 Å². The van der Waals surface area contributed by atoms with Crippen LogP contribution in [0.5, 0.6) is 0 Å². The number of rotatable bonds is 6. The van der Waals surface area contributed by atoms with Crippen LogP contribution >= 0.6 is 0 Å². The molecular weight excluding hydrogens is 259 g/mol. The maximum atomic E-state index is 14.0. The van der Waals surface area contributed by atoms with Crippen LogP contribution in [0.4, 0.5) is 4.39 Å². The Hall–Kier alpha value is -1.46. The van der Waals surface area contributed by atoms with E-state index in [1.54, 1.807) is 7.11 Å². The lowest BCUT2D eigenvalue weighted by Crippen LogP contribution is -2.29. The van der Waals surface area contributed by atoms with Crippen molar-refractivity contribution in [2.45, 2.75) is 39.3 Å². The van der Waals surface area contributed by atoms with Gasteiger partial charge in [-0.15, -0.1) is 0 Å². The molecule has 0 saturated carbocycles. The van der Waals surface area contributed by atoms with E-state index in [9.17, 15) is 4.39 Å². The van der Waals surface area contributed by atoms with Gasteiger partial charge in [-0.3, -0.25) is 0 Å². The van der Waals surface area contributed by atoms with E-state index in [2.05, 4.69) is 10.3 Å². The van der Waals surface area contributed by atoms with Gasteiger partial charge in [-0.1, -0.05) is 13.8 Å². The number of nitrogens with zero attached hydrogens (tertiary/aromatic N) is 1. The Bertz CT molecular complexity index is 581. The molecule has 2 rings (SSSR count). The number of fused-ring (bicyclic) bond motifs is 1. The lowest BCUT2D eigenvalue weighted by Gasteiger charge is -2.12. The third kappa shape index (κ3) is 3.35. The minimum atomic E-state index is -0.363. The van der Waals surface area contributed by atoms with Gasteiger partial charge < -0.3 is 14.5 Å². The molecule has 0 radical (unpaired) electrons. The van der Waals surface area contributed by atoms with Crippen LogP contribution in [0.25, 0.3) is 11.1 Å². The predicted molar refractivity (Wildman–Crippen MR) is 76.2 cm³/mol. The Balaban J connectivity index is 2.19. The van der Waals surface area contributed by atoms with Crippen molar-refractivity contribution in [1.82, 2.24) is 10.3 Å². The average molecular weight is 280 g/mol. The first-order valence-corrected chi connectivity index (χ1v) is 6.82. The van der Waals surface area contributed by atoms with Gasteiger partial charge in [-0.25, -0.2) is 9.37 Å². The number of methoxy groups -OCH3 is 1. The summed E-state index contributed by atoms with van der Waals surface area (Å²) in [7, 11) is 1.66. The number of nitrogens with one attached hydrogen (secondary N) is 1. The molecule has 1 aromatic carbocycles. The molecule has 1 heterocycles. The van der Waals surface area contributed by atoms with Gasteiger partial charge in [-0.05, 0) is 24.6 Å². The second-order valence-electron chi connectivity index (χ2n) is 5.37. The first kappa shape index (κ1) is 14.9. The summed E-state index contributed by atoms with van der Waals surface area (Å²) in [5, 5.41) is 3.27. The van der Waals surface area contributed by atoms with Crippen LogP contribution in [0.3, 0.4) is 0 Å². The normalized spacial score (nSPS) is 13.3. The molecule has 0 fully saturated rings. The number of halogens is 1. The van der Waals surface area contributed by atoms with Gasteiger partial charge in [0.05, 0.1) is 6.61 Å². The van der Waals surface area contributed by atoms with Crippen molar-refractivity contribution in [1.29, 1.82) is 0 Å². The van der Waals surface area contributed by atoms with Crippen LogP contribution in [-0.2, 0) is 11.3 Å². The lowest BCUT2D eigenvalue weighted by molar-refractivity contribution is 0.171. The summed E-state index contributed by atoms with van der Waals surface area (Å²) in [6.45, 7) is 7.15. The zero-order chi connectivity index (χ0) is 14.7. The third-order valence-corrected chi connectivity index (χ3v) is 3.09.